The minimum Gasteiger partial charge on any atom is -0.409 e. The van der Waals surface area contributed by atoms with Crippen molar-refractivity contribution in [3.63, 3.8) is 0 Å². The molecular formula is C13H27N3O. The smallest absolute Gasteiger partial charge is 0.153 e. The third kappa shape index (κ3) is 4.19. The molecule has 0 amide bonds. The topological polar surface area (TPSA) is 61.8 Å². The number of hydrogen-bond donors (Lipinski definition) is 2. The van der Waals surface area contributed by atoms with E-state index < -0.39 is 0 Å². The van der Waals surface area contributed by atoms with Crippen molar-refractivity contribution in [3.8, 4) is 0 Å². The molecule has 0 radical (unpaired) electrons. The summed E-state index contributed by atoms with van der Waals surface area (Å²) in [5.74, 6) is 1.17. The van der Waals surface area contributed by atoms with Crippen LogP contribution in [0.5, 0.6) is 0 Å². The summed E-state index contributed by atoms with van der Waals surface area (Å²) in [7, 11) is 0. The Kier molecular flexibility index (Phi) is 5.75. The number of oxime groups is 1. The first-order valence-electron chi connectivity index (χ1n) is 6.80. The molecule has 2 unspecified atom stereocenters. The van der Waals surface area contributed by atoms with Crippen LogP contribution in [0.25, 0.3) is 0 Å². The van der Waals surface area contributed by atoms with Gasteiger partial charge in [-0.05, 0) is 32.6 Å². The number of amidine groups is 1. The molecule has 0 heterocycles. The molecule has 0 aromatic rings. The Hall–Kier alpha value is -0.770. The van der Waals surface area contributed by atoms with Gasteiger partial charge in [-0.1, -0.05) is 31.3 Å². The maximum absolute atomic E-state index is 8.70. The van der Waals surface area contributed by atoms with E-state index in [1.807, 2.05) is 0 Å². The molecule has 0 aromatic heterocycles. The highest BCUT2D eigenvalue weighted by molar-refractivity contribution is 5.81. The van der Waals surface area contributed by atoms with Gasteiger partial charge in [-0.15, -0.1) is 0 Å². The lowest BCUT2D eigenvalue weighted by Crippen LogP contribution is -2.47. The van der Waals surface area contributed by atoms with E-state index in [0.29, 0.717) is 24.5 Å². The lowest BCUT2D eigenvalue weighted by Gasteiger charge is -2.39. The second-order valence-electron chi connectivity index (χ2n) is 5.45. The predicted molar refractivity (Wildman–Crippen MR) is 71.3 cm³/mol. The van der Waals surface area contributed by atoms with E-state index >= 15 is 0 Å². The average Bonchev–Trinajstić information content (AvgIpc) is 2.35. The van der Waals surface area contributed by atoms with Crippen molar-refractivity contribution in [2.75, 3.05) is 6.54 Å². The normalized spacial score (nSPS) is 26.8. The highest BCUT2D eigenvalue weighted by Crippen LogP contribution is 2.30. The second-order valence-corrected chi connectivity index (χ2v) is 5.45. The summed E-state index contributed by atoms with van der Waals surface area (Å²) in [4.78, 5) is 2.37. The fourth-order valence-electron chi connectivity index (χ4n) is 2.89. The van der Waals surface area contributed by atoms with Crippen molar-refractivity contribution in [1.82, 2.24) is 4.90 Å². The monoisotopic (exact) mass is 241 g/mol. The zero-order valence-electron chi connectivity index (χ0n) is 11.4. The molecule has 1 rings (SSSR count). The Labute approximate surface area is 105 Å². The molecule has 0 aliphatic heterocycles. The van der Waals surface area contributed by atoms with E-state index in [-0.39, 0.29) is 0 Å². The van der Waals surface area contributed by atoms with Crippen molar-refractivity contribution in [2.24, 2.45) is 16.8 Å². The van der Waals surface area contributed by atoms with E-state index in [0.717, 1.165) is 5.92 Å². The van der Waals surface area contributed by atoms with Crippen LogP contribution >= 0.6 is 0 Å². The van der Waals surface area contributed by atoms with Gasteiger partial charge in [0.2, 0.25) is 0 Å². The summed E-state index contributed by atoms with van der Waals surface area (Å²) in [6.07, 6.45) is 6.44. The van der Waals surface area contributed by atoms with Crippen molar-refractivity contribution < 1.29 is 5.21 Å². The Morgan fingerprint density at radius 3 is 2.71 bits per heavy atom. The van der Waals surface area contributed by atoms with Gasteiger partial charge in [0.1, 0.15) is 0 Å². The molecule has 0 bridgehead atoms. The van der Waals surface area contributed by atoms with Gasteiger partial charge in [0.15, 0.2) is 5.84 Å². The fourth-order valence-corrected chi connectivity index (χ4v) is 2.89. The van der Waals surface area contributed by atoms with Gasteiger partial charge < -0.3 is 10.9 Å². The van der Waals surface area contributed by atoms with Crippen LogP contribution in [-0.4, -0.2) is 34.6 Å². The Bertz CT molecular complexity index is 253. The summed E-state index contributed by atoms with van der Waals surface area (Å²) in [5.41, 5.74) is 5.64. The molecule has 1 aliphatic carbocycles. The van der Waals surface area contributed by atoms with Crippen LogP contribution in [0.15, 0.2) is 5.16 Å². The molecule has 2 atom stereocenters. The highest BCUT2D eigenvalue weighted by atomic mass is 16.4. The minimum atomic E-state index is 0.317. The first-order chi connectivity index (χ1) is 8.08. The molecule has 4 heteroatoms. The summed E-state index contributed by atoms with van der Waals surface area (Å²) in [6.45, 7) is 7.21. The fraction of sp³-hybridized carbons (Fsp3) is 0.923. The van der Waals surface area contributed by atoms with Crippen LogP contribution < -0.4 is 5.73 Å². The number of nitrogens with two attached hydrogens (primary N) is 1. The molecule has 1 saturated carbocycles. The van der Waals surface area contributed by atoms with Gasteiger partial charge in [-0.2, -0.15) is 0 Å². The lowest BCUT2D eigenvalue weighted by atomic mass is 9.83. The molecule has 4 nitrogen and oxygen atoms in total. The number of hydrogen-bond acceptors (Lipinski definition) is 3. The molecular weight excluding hydrogens is 214 g/mol. The summed E-state index contributed by atoms with van der Waals surface area (Å²) >= 11 is 0. The third-order valence-corrected chi connectivity index (χ3v) is 3.94. The lowest BCUT2D eigenvalue weighted by molar-refractivity contribution is 0.114. The number of rotatable bonds is 5. The van der Waals surface area contributed by atoms with E-state index in [1.54, 1.807) is 0 Å². The van der Waals surface area contributed by atoms with E-state index in [1.165, 1.54) is 32.1 Å². The SMILES string of the molecule is CCC1CCCC(N(CC(N)=NO)C(C)C)C1. The van der Waals surface area contributed by atoms with E-state index in [2.05, 4.69) is 30.8 Å². The summed E-state index contributed by atoms with van der Waals surface area (Å²) in [6, 6.07) is 1.03. The first kappa shape index (κ1) is 14.3. The zero-order chi connectivity index (χ0) is 12.8. The number of nitrogens with zero attached hydrogens (tertiary/aromatic N) is 2. The summed E-state index contributed by atoms with van der Waals surface area (Å²) < 4.78 is 0. The highest BCUT2D eigenvalue weighted by Gasteiger charge is 2.27. The van der Waals surface area contributed by atoms with Crippen LogP contribution in [0.2, 0.25) is 0 Å². The van der Waals surface area contributed by atoms with Gasteiger partial charge in [0.25, 0.3) is 0 Å². The van der Waals surface area contributed by atoms with E-state index in [4.69, 9.17) is 10.9 Å². The molecule has 1 fully saturated rings. The first-order valence-corrected chi connectivity index (χ1v) is 6.80. The van der Waals surface area contributed by atoms with Gasteiger partial charge in [-0.25, -0.2) is 0 Å². The van der Waals surface area contributed by atoms with Crippen molar-refractivity contribution in [2.45, 2.75) is 65.0 Å². The van der Waals surface area contributed by atoms with Crippen LogP contribution in [0.3, 0.4) is 0 Å². The van der Waals surface area contributed by atoms with Gasteiger partial charge >= 0.3 is 0 Å². The molecule has 0 spiro atoms. The third-order valence-electron chi connectivity index (χ3n) is 3.94. The molecule has 17 heavy (non-hydrogen) atoms. The van der Waals surface area contributed by atoms with Crippen molar-refractivity contribution in [1.29, 1.82) is 0 Å². The molecule has 1 aliphatic rings. The molecule has 0 aromatic carbocycles. The van der Waals surface area contributed by atoms with E-state index in [9.17, 15) is 0 Å². The minimum absolute atomic E-state index is 0.317. The molecule has 0 saturated heterocycles. The second kappa shape index (κ2) is 6.84. The van der Waals surface area contributed by atoms with Crippen LogP contribution in [-0.2, 0) is 0 Å². The maximum atomic E-state index is 8.70. The van der Waals surface area contributed by atoms with Gasteiger partial charge in [0, 0.05) is 12.1 Å². The van der Waals surface area contributed by atoms with Crippen molar-refractivity contribution >= 4 is 5.84 Å². The van der Waals surface area contributed by atoms with Crippen LogP contribution in [0, 0.1) is 5.92 Å². The summed E-state index contributed by atoms with van der Waals surface area (Å²) in [5, 5.41) is 11.8. The van der Waals surface area contributed by atoms with Gasteiger partial charge in [0.05, 0.1) is 6.54 Å². The van der Waals surface area contributed by atoms with Crippen LogP contribution in [0.1, 0.15) is 52.9 Å². The van der Waals surface area contributed by atoms with Gasteiger partial charge in [-0.3, -0.25) is 4.90 Å². The molecule has 100 valence electrons. The standard InChI is InChI=1S/C13H27N3O/c1-4-11-6-5-7-12(8-11)16(10(2)3)9-13(14)15-17/h10-12,17H,4-9H2,1-3H3,(H2,14,15). The zero-order valence-corrected chi connectivity index (χ0v) is 11.4. The largest absolute Gasteiger partial charge is 0.409 e. The Balaban J connectivity index is 2.63. The maximum Gasteiger partial charge on any atom is 0.153 e. The Morgan fingerprint density at radius 2 is 2.18 bits per heavy atom. The molecule has 3 N–H and O–H groups in total. The Morgan fingerprint density at radius 1 is 1.47 bits per heavy atom. The van der Waals surface area contributed by atoms with Crippen molar-refractivity contribution in [3.05, 3.63) is 0 Å². The average molecular weight is 241 g/mol. The predicted octanol–water partition coefficient (Wildman–Crippen LogP) is 2.41. The quantitative estimate of drug-likeness (QED) is 0.336. The van der Waals surface area contributed by atoms with Crippen LogP contribution in [0.4, 0.5) is 0 Å².